The van der Waals surface area contributed by atoms with Gasteiger partial charge < -0.3 is 174 Å². The molecule has 0 spiro atoms. The minimum Gasteiger partial charge on any atom is -0.432 e. The van der Waals surface area contributed by atoms with Crippen LogP contribution in [0.5, 0.6) is 0 Å². The zero-order valence-electron chi connectivity index (χ0n) is 61.3. The summed E-state index contributed by atoms with van der Waals surface area (Å²) >= 11 is 0. The van der Waals surface area contributed by atoms with Crippen LogP contribution in [-0.2, 0) is 71.1 Å². The van der Waals surface area contributed by atoms with Crippen molar-refractivity contribution in [1.29, 1.82) is 0 Å². The fourth-order valence-electron chi connectivity index (χ4n) is 20.5. The summed E-state index contributed by atoms with van der Waals surface area (Å²) in [7, 11) is 0. The van der Waals surface area contributed by atoms with Crippen molar-refractivity contribution in [2.45, 2.75) is 335 Å². The summed E-state index contributed by atoms with van der Waals surface area (Å²) in [4.78, 5) is 15.3. The molecular weight excluding hydrogens is 1430 g/mol. The number of aliphatic hydroxyl groups is 21. The highest BCUT2D eigenvalue weighted by atomic mass is 16.8. The van der Waals surface area contributed by atoms with Gasteiger partial charge in [-0.25, -0.2) is 0 Å². The number of hydrogen-bond acceptors (Lipinski definition) is 36. The van der Waals surface area contributed by atoms with Crippen LogP contribution in [0.3, 0.4) is 0 Å². The fourth-order valence-corrected chi connectivity index (χ4v) is 20.5. The van der Waals surface area contributed by atoms with Crippen LogP contribution in [0, 0.1) is 50.2 Å². The third kappa shape index (κ3) is 14.8. The second-order valence-electron chi connectivity index (χ2n) is 34.1. The first-order chi connectivity index (χ1) is 50.3. The maximum atomic E-state index is 15.3. The van der Waals surface area contributed by atoms with Crippen LogP contribution >= 0.6 is 0 Å². The van der Waals surface area contributed by atoms with E-state index in [1.165, 1.54) is 13.8 Å². The summed E-state index contributed by atoms with van der Waals surface area (Å²) in [5.41, 5.74) is -2.50. The zero-order chi connectivity index (χ0) is 78.0. The van der Waals surface area contributed by atoms with Gasteiger partial charge in [-0.05, 0) is 117 Å². The van der Waals surface area contributed by atoms with Crippen LogP contribution in [0.4, 0.5) is 0 Å². The average molecular weight is 1550 g/mol. The summed E-state index contributed by atoms with van der Waals surface area (Å²) in [6.45, 7) is 11.9. The number of carbonyl (C=O) groups is 1. The van der Waals surface area contributed by atoms with Gasteiger partial charge in [0.05, 0.1) is 63.4 Å². The van der Waals surface area contributed by atoms with Crippen LogP contribution in [0.2, 0.25) is 0 Å². The molecule has 36 heteroatoms. The maximum Gasteiger partial charge on any atom is 0.315 e. The van der Waals surface area contributed by atoms with Crippen LogP contribution in [0.1, 0.15) is 120 Å². The summed E-state index contributed by atoms with van der Waals surface area (Å²) in [6.07, 6.45) is -52.9. The van der Waals surface area contributed by atoms with Crippen molar-refractivity contribution in [2.75, 3.05) is 39.6 Å². The molecule has 43 unspecified atom stereocenters. The minimum absolute atomic E-state index is 0.0219. The van der Waals surface area contributed by atoms with Gasteiger partial charge in [-0.15, -0.1) is 0 Å². The van der Waals surface area contributed by atoms with E-state index in [-0.39, 0.29) is 35.2 Å². The lowest BCUT2D eigenvalue weighted by Gasteiger charge is -2.71. The summed E-state index contributed by atoms with van der Waals surface area (Å²) in [5, 5.41) is 231. The first-order valence-electron chi connectivity index (χ1n) is 37.7. The fraction of sp³-hybridized carbons (Fsp3) is 0.958. The van der Waals surface area contributed by atoms with Gasteiger partial charge in [0.25, 0.3) is 0 Å². The largest absolute Gasteiger partial charge is 0.432 e. The smallest absolute Gasteiger partial charge is 0.315 e. The van der Waals surface area contributed by atoms with Gasteiger partial charge >= 0.3 is 5.97 Å². The molecule has 7 aliphatic heterocycles. The van der Waals surface area contributed by atoms with Gasteiger partial charge in [-0.2, -0.15) is 0 Å². The minimum atomic E-state index is -2.18. The second-order valence-corrected chi connectivity index (χ2v) is 34.1. The molecular formula is C71H116O36. The predicted molar refractivity (Wildman–Crippen MR) is 353 cm³/mol. The molecule has 21 N–H and O–H groups in total. The lowest BCUT2D eigenvalue weighted by molar-refractivity contribution is -0.403. The van der Waals surface area contributed by atoms with E-state index in [9.17, 15) is 107 Å². The molecule has 0 bridgehead atoms. The van der Waals surface area contributed by atoms with E-state index in [2.05, 4.69) is 40.7 Å². The van der Waals surface area contributed by atoms with E-state index >= 15 is 4.79 Å². The molecule has 107 heavy (non-hydrogen) atoms. The summed E-state index contributed by atoms with van der Waals surface area (Å²) in [6, 6.07) is 0. The van der Waals surface area contributed by atoms with E-state index in [1.807, 2.05) is 6.92 Å². The van der Waals surface area contributed by atoms with Crippen molar-refractivity contribution < 1.29 is 178 Å². The molecule has 5 aliphatic carbocycles. The molecule has 0 aromatic rings. The van der Waals surface area contributed by atoms with E-state index in [0.717, 1.165) is 5.57 Å². The molecule has 7 saturated heterocycles. The summed E-state index contributed by atoms with van der Waals surface area (Å²) in [5.74, 6) is -1.16. The number of allylic oxidation sites excluding steroid dienone is 2. The molecule has 12 aliphatic rings. The topological polar surface area (TPSA) is 571 Å². The number of rotatable bonds is 19. The van der Waals surface area contributed by atoms with Gasteiger partial charge in [-0.3, -0.25) is 4.79 Å². The van der Waals surface area contributed by atoms with Crippen LogP contribution in [0.25, 0.3) is 0 Å². The van der Waals surface area contributed by atoms with Gasteiger partial charge in [0.15, 0.2) is 37.7 Å². The zero-order valence-corrected chi connectivity index (χ0v) is 61.3. The SMILES string of the molecule is CC1OC(OC2C(O)C(OC3C(O)C(C)OC(OC4C(OC5CCC6(C)C(CCC7(C)C6CC=C6C8CC(C)(C)CCC8(C(=O)OC8OC(COC9OC(CO)C(O)C(O)C9O)C(O)C(O)C8O)CCC67C)C5(C)CO)OCC(O)C4O)C3O)OC(CO)C2OC2OC(CO)C(O)C(O)C2O)C(O)C(O)C1O. The summed E-state index contributed by atoms with van der Waals surface area (Å²) < 4.78 is 84.2. The highest BCUT2D eigenvalue weighted by Crippen LogP contribution is 2.76. The third-order valence-corrected chi connectivity index (χ3v) is 27.4. The van der Waals surface area contributed by atoms with E-state index in [4.69, 9.17) is 66.3 Å². The van der Waals surface area contributed by atoms with Crippen molar-refractivity contribution in [3.8, 4) is 0 Å². The molecule has 43 atom stereocenters. The van der Waals surface area contributed by atoms with Gasteiger partial charge in [0, 0.05) is 5.41 Å². The number of hydrogen-bond donors (Lipinski definition) is 21. The van der Waals surface area contributed by atoms with E-state index in [1.54, 1.807) is 0 Å². The lowest BCUT2D eigenvalue weighted by atomic mass is 9.33. The molecule has 0 aromatic carbocycles. The Bertz CT molecular complexity index is 3030. The number of aliphatic hydroxyl groups excluding tert-OH is 21. The van der Waals surface area contributed by atoms with Gasteiger partial charge in [-0.1, -0.05) is 53.2 Å². The Morgan fingerprint density at radius 3 is 1.57 bits per heavy atom. The maximum absolute atomic E-state index is 15.3. The molecule has 0 radical (unpaired) electrons. The average Bonchev–Trinajstić information content (AvgIpc) is 0.673. The molecule has 11 fully saturated rings. The Morgan fingerprint density at radius 2 is 0.944 bits per heavy atom. The number of esters is 1. The Labute approximate surface area is 618 Å². The Morgan fingerprint density at radius 1 is 0.449 bits per heavy atom. The van der Waals surface area contributed by atoms with Crippen molar-refractivity contribution in [2.24, 2.45) is 50.2 Å². The van der Waals surface area contributed by atoms with Crippen LogP contribution < -0.4 is 0 Å². The quantitative estimate of drug-likeness (QED) is 0.0325. The number of ether oxygens (including phenoxy) is 14. The molecule has 616 valence electrons. The molecule has 7 heterocycles. The monoisotopic (exact) mass is 1540 g/mol. The predicted octanol–water partition coefficient (Wildman–Crippen LogP) is -6.90. The first kappa shape index (κ1) is 84.3. The molecule has 4 saturated carbocycles. The highest BCUT2D eigenvalue weighted by Gasteiger charge is 2.71. The van der Waals surface area contributed by atoms with Gasteiger partial charge in [0.2, 0.25) is 6.29 Å². The standard InChI is InChI=1S/C71H116O36/c1-26-38(77)44(83)49(88)59(96-26)105-56-53(92)63(100-33(22-74)54(56)103-60-50(89)46(85)42(81)32(21-73)99-60)104-55-39(78)27(2)97-62(52(55)91)106-57-40(79)30(76)23-94-64(57)102-37-12-13-67(5)35(68(37,6)25-75)11-14-70(8)36(67)10-9-28-29-19-66(3,4)15-17-71(29,18-16-69(28,70)7)65(93)107-61-51(90)47(86)43(82)34(101-61)24-95-58-48(87)45(84)41(80)31(20-72)98-58/h9,26-27,29-64,72-92H,10-25H2,1-8H3. The second kappa shape index (κ2) is 32.1. The number of fused-ring (bicyclic) bond motifs is 7. The Hall–Kier alpha value is -2.15. The molecule has 12 rings (SSSR count). The van der Waals surface area contributed by atoms with Gasteiger partial charge in [0.1, 0.15) is 153 Å². The molecule has 0 amide bonds. The number of carbonyl (C=O) groups excluding carboxylic acids is 1. The third-order valence-electron chi connectivity index (χ3n) is 27.4. The molecule has 36 nitrogen and oxygen atoms in total. The Balaban J connectivity index is 0.742. The van der Waals surface area contributed by atoms with Crippen molar-refractivity contribution >= 4 is 5.97 Å². The van der Waals surface area contributed by atoms with Crippen molar-refractivity contribution in [1.82, 2.24) is 0 Å². The first-order valence-corrected chi connectivity index (χ1v) is 37.7. The van der Waals surface area contributed by atoms with Crippen molar-refractivity contribution in [3.05, 3.63) is 11.6 Å². The Kier molecular flexibility index (Phi) is 25.3. The van der Waals surface area contributed by atoms with Crippen molar-refractivity contribution in [3.63, 3.8) is 0 Å². The normalized spacial score (nSPS) is 55.1. The molecule has 0 aromatic heterocycles. The van der Waals surface area contributed by atoms with Crippen LogP contribution in [-0.4, -0.2) is 368 Å². The van der Waals surface area contributed by atoms with E-state index < -0.39 is 276 Å². The highest BCUT2D eigenvalue weighted by molar-refractivity contribution is 5.79. The van der Waals surface area contributed by atoms with Crippen LogP contribution in [0.15, 0.2) is 11.6 Å². The lowest BCUT2D eigenvalue weighted by Crippen LogP contribution is -2.68. The van der Waals surface area contributed by atoms with E-state index in [0.29, 0.717) is 64.2 Å².